The molecule has 0 saturated heterocycles. The molecule has 0 saturated carbocycles. The molecule has 0 heterocycles. The predicted molar refractivity (Wildman–Crippen MR) is 78.9 cm³/mol. The van der Waals surface area contributed by atoms with E-state index >= 15 is 0 Å². The van der Waals surface area contributed by atoms with Gasteiger partial charge in [-0.1, -0.05) is 0 Å². The van der Waals surface area contributed by atoms with Gasteiger partial charge in [0.15, 0.2) is 0 Å². The molecule has 0 radical (unpaired) electrons. The van der Waals surface area contributed by atoms with Crippen molar-refractivity contribution in [3.63, 3.8) is 0 Å². The van der Waals surface area contributed by atoms with Gasteiger partial charge in [-0.25, -0.2) is 4.79 Å². The number of carboxylic acids is 1. The van der Waals surface area contributed by atoms with Crippen molar-refractivity contribution < 1.29 is 33.6 Å². The van der Waals surface area contributed by atoms with Crippen molar-refractivity contribution >= 4 is 12.1 Å². The SMILES string of the molecule is CC(C)(C)OC(=O)NCCOCCOCCOCCC(=O)O. The number of hydrogen-bond donors (Lipinski definition) is 2. The van der Waals surface area contributed by atoms with E-state index < -0.39 is 17.7 Å². The van der Waals surface area contributed by atoms with Crippen LogP contribution in [0.15, 0.2) is 0 Å². The predicted octanol–water partition coefficient (Wildman–Crippen LogP) is 1.04. The fourth-order valence-corrected chi connectivity index (χ4v) is 1.24. The molecule has 130 valence electrons. The highest BCUT2D eigenvalue weighted by molar-refractivity contribution is 5.67. The Balaban J connectivity index is 3.21. The number of rotatable bonds is 12. The second-order valence-electron chi connectivity index (χ2n) is 5.41. The van der Waals surface area contributed by atoms with Gasteiger partial charge in [-0.3, -0.25) is 4.79 Å². The zero-order valence-corrected chi connectivity index (χ0v) is 13.6. The molecular formula is C14H27NO7. The Labute approximate surface area is 131 Å². The molecule has 0 rings (SSSR count). The van der Waals surface area contributed by atoms with Gasteiger partial charge in [0.05, 0.1) is 46.1 Å². The summed E-state index contributed by atoms with van der Waals surface area (Å²) in [4.78, 5) is 21.5. The first-order chi connectivity index (χ1) is 10.3. The van der Waals surface area contributed by atoms with E-state index in [9.17, 15) is 9.59 Å². The van der Waals surface area contributed by atoms with Crippen molar-refractivity contribution in [3.8, 4) is 0 Å². The Kier molecular flexibility index (Phi) is 11.4. The van der Waals surface area contributed by atoms with Crippen molar-refractivity contribution in [2.75, 3.05) is 46.2 Å². The molecule has 22 heavy (non-hydrogen) atoms. The molecule has 0 spiro atoms. The second kappa shape index (κ2) is 12.2. The fourth-order valence-electron chi connectivity index (χ4n) is 1.24. The minimum absolute atomic E-state index is 0.00619. The highest BCUT2D eigenvalue weighted by atomic mass is 16.6. The summed E-state index contributed by atoms with van der Waals surface area (Å²) in [5, 5.41) is 11.0. The highest BCUT2D eigenvalue weighted by Crippen LogP contribution is 2.05. The maximum atomic E-state index is 11.3. The zero-order valence-electron chi connectivity index (χ0n) is 13.6. The molecule has 0 aliphatic carbocycles. The molecule has 8 nitrogen and oxygen atoms in total. The van der Waals surface area contributed by atoms with E-state index in [-0.39, 0.29) is 13.0 Å². The number of hydrogen-bond acceptors (Lipinski definition) is 6. The van der Waals surface area contributed by atoms with Crippen LogP contribution in [0.2, 0.25) is 0 Å². The van der Waals surface area contributed by atoms with Crippen LogP contribution < -0.4 is 5.32 Å². The van der Waals surface area contributed by atoms with E-state index in [1.54, 1.807) is 20.8 Å². The van der Waals surface area contributed by atoms with Crippen LogP contribution in [-0.2, 0) is 23.7 Å². The first-order valence-corrected chi connectivity index (χ1v) is 7.23. The van der Waals surface area contributed by atoms with Gasteiger partial charge in [-0.15, -0.1) is 0 Å². The lowest BCUT2D eigenvalue weighted by Crippen LogP contribution is -2.34. The molecule has 0 fully saturated rings. The number of carbonyl (C=O) groups excluding carboxylic acids is 1. The molecule has 0 aliphatic heterocycles. The molecule has 0 aromatic carbocycles. The van der Waals surface area contributed by atoms with Crippen molar-refractivity contribution in [2.24, 2.45) is 0 Å². The lowest BCUT2D eigenvalue weighted by molar-refractivity contribution is -0.138. The Morgan fingerprint density at radius 1 is 0.909 bits per heavy atom. The minimum Gasteiger partial charge on any atom is -0.481 e. The summed E-state index contributed by atoms with van der Waals surface area (Å²) in [6.45, 7) is 7.88. The van der Waals surface area contributed by atoms with Crippen LogP contribution >= 0.6 is 0 Å². The lowest BCUT2D eigenvalue weighted by Gasteiger charge is -2.19. The van der Waals surface area contributed by atoms with Crippen LogP contribution in [-0.4, -0.2) is 69.0 Å². The number of amides is 1. The van der Waals surface area contributed by atoms with E-state index in [0.717, 1.165) is 0 Å². The number of alkyl carbamates (subject to hydrolysis) is 1. The Hall–Kier alpha value is -1.38. The van der Waals surface area contributed by atoms with Gasteiger partial charge in [-0.2, -0.15) is 0 Å². The van der Waals surface area contributed by atoms with Gasteiger partial charge in [0, 0.05) is 6.54 Å². The maximum absolute atomic E-state index is 11.3. The summed E-state index contributed by atoms with van der Waals surface area (Å²) < 4.78 is 20.6. The van der Waals surface area contributed by atoms with E-state index in [1.807, 2.05) is 0 Å². The van der Waals surface area contributed by atoms with Gasteiger partial charge < -0.3 is 29.4 Å². The fraction of sp³-hybridized carbons (Fsp3) is 0.857. The van der Waals surface area contributed by atoms with E-state index in [4.69, 9.17) is 24.1 Å². The van der Waals surface area contributed by atoms with Crippen LogP contribution in [0.3, 0.4) is 0 Å². The molecule has 2 N–H and O–H groups in total. The minimum atomic E-state index is -0.880. The molecule has 1 amide bonds. The smallest absolute Gasteiger partial charge is 0.407 e. The molecule has 0 atom stereocenters. The summed E-state index contributed by atoms with van der Waals surface area (Å²) in [6, 6.07) is 0. The van der Waals surface area contributed by atoms with E-state index in [0.29, 0.717) is 39.6 Å². The quantitative estimate of drug-likeness (QED) is 0.517. The summed E-state index contributed by atoms with van der Waals surface area (Å²) in [5.41, 5.74) is -0.509. The van der Waals surface area contributed by atoms with Crippen LogP contribution in [0.25, 0.3) is 0 Å². The summed E-state index contributed by atoms with van der Waals surface area (Å²) in [5.74, 6) is -0.880. The number of carboxylic acid groups (broad SMARTS) is 1. The monoisotopic (exact) mass is 321 g/mol. The van der Waals surface area contributed by atoms with Crippen molar-refractivity contribution in [1.29, 1.82) is 0 Å². The topological polar surface area (TPSA) is 103 Å². The zero-order chi connectivity index (χ0) is 16.8. The highest BCUT2D eigenvalue weighted by Gasteiger charge is 2.15. The number of aliphatic carboxylic acids is 1. The summed E-state index contributed by atoms with van der Waals surface area (Å²) >= 11 is 0. The summed E-state index contributed by atoms with van der Waals surface area (Å²) in [6.07, 6.45) is -0.473. The van der Waals surface area contributed by atoms with Gasteiger partial charge in [0.25, 0.3) is 0 Å². The summed E-state index contributed by atoms with van der Waals surface area (Å²) in [7, 11) is 0. The van der Waals surface area contributed by atoms with Gasteiger partial charge in [0.1, 0.15) is 5.60 Å². The Morgan fingerprint density at radius 2 is 1.41 bits per heavy atom. The molecule has 0 unspecified atom stereocenters. The molecule has 0 aliphatic rings. The van der Waals surface area contributed by atoms with Crippen LogP contribution in [0.5, 0.6) is 0 Å². The first kappa shape index (κ1) is 20.6. The van der Waals surface area contributed by atoms with Crippen LogP contribution in [0.1, 0.15) is 27.2 Å². The van der Waals surface area contributed by atoms with Crippen molar-refractivity contribution in [2.45, 2.75) is 32.8 Å². The van der Waals surface area contributed by atoms with Gasteiger partial charge >= 0.3 is 12.1 Å². The third kappa shape index (κ3) is 16.7. The van der Waals surface area contributed by atoms with Gasteiger partial charge in [0.2, 0.25) is 0 Å². The van der Waals surface area contributed by atoms with Gasteiger partial charge in [-0.05, 0) is 20.8 Å². The molecule has 0 aromatic rings. The maximum Gasteiger partial charge on any atom is 0.407 e. The molecule has 0 aromatic heterocycles. The van der Waals surface area contributed by atoms with Crippen molar-refractivity contribution in [3.05, 3.63) is 0 Å². The lowest BCUT2D eigenvalue weighted by atomic mass is 10.2. The molecule has 0 bridgehead atoms. The van der Waals surface area contributed by atoms with Crippen molar-refractivity contribution in [1.82, 2.24) is 5.32 Å². The third-order valence-corrected chi connectivity index (χ3v) is 2.12. The average Bonchev–Trinajstić information content (AvgIpc) is 2.37. The van der Waals surface area contributed by atoms with E-state index in [2.05, 4.69) is 5.32 Å². The van der Waals surface area contributed by atoms with Crippen LogP contribution in [0.4, 0.5) is 4.79 Å². The second-order valence-corrected chi connectivity index (χ2v) is 5.41. The normalized spacial score (nSPS) is 11.2. The number of ether oxygens (including phenoxy) is 4. The first-order valence-electron chi connectivity index (χ1n) is 7.23. The largest absolute Gasteiger partial charge is 0.481 e. The average molecular weight is 321 g/mol. The Morgan fingerprint density at radius 3 is 1.91 bits per heavy atom. The number of nitrogens with one attached hydrogen (secondary N) is 1. The molecular weight excluding hydrogens is 294 g/mol. The third-order valence-electron chi connectivity index (χ3n) is 2.12. The standard InChI is InChI=1S/C14H27NO7/c1-14(2,3)22-13(18)15-5-7-20-9-11-21-10-8-19-6-4-12(16)17/h4-11H2,1-3H3,(H,15,18)(H,16,17). The Bertz CT molecular complexity index is 315. The van der Waals surface area contributed by atoms with E-state index in [1.165, 1.54) is 0 Å². The van der Waals surface area contributed by atoms with Crippen LogP contribution in [0, 0.1) is 0 Å². The molecule has 8 heteroatoms. The number of carbonyl (C=O) groups is 2.